The van der Waals surface area contributed by atoms with Crippen molar-refractivity contribution in [3.05, 3.63) is 17.2 Å². The monoisotopic (exact) mass is 188 g/mol. The SMILES string of the molecule is Cc1nc(C)c(CC(=O)C(F)F)[nH]1. The minimum Gasteiger partial charge on any atom is -0.346 e. The van der Waals surface area contributed by atoms with Gasteiger partial charge < -0.3 is 4.98 Å². The quantitative estimate of drug-likeness (QED) is 0.779. The molecule has 3 nitrogen and oxygen atoms in total. The van der Waals surface area contributed by atoms with Crippen LogP contribution < -0.4 is 0 Å². The van der Waals surface area contributed by atoms with Crippen molar-refractivity contribution in [2.45, 2.75) is 26.7 Å². The number of halogens is 2. The van der Waals surface area contributed by atoms with Crippen LogP contribution >= 0.6 is 0 Å². The highest BCUT2D eigenvalue weighted by Crippen LogP contribution is 2.08. The molecule has 1 heterocycles. The van der Waals surface area contributed by atoms with Crippen LogP contribution in [0.5, 0.6) is 0 Å². The van der Waals surface area contributed by atoms with E-state index in [0.29, 0.717) is 17.2 Å². The Bertz CT molecular complexity index is 320. The van der Waals surface area contributed by atoms with Crippen LogP contribution in [0.4, 0.5) is 8.78 Å². The van der Waals surface area contributed by atoms with E-state index in [1.165, 1.54) is 0 Å². The first-order valence-corrected chi connectivity index (χ1v) is 3.83. The maximum absolute atomic E-state index is 11.9. The Hall–Kier alpha value is -1.26. The number of aromatic nitrogens is 2. The predicted octanol–water partition coefficient (Wildman–Crippen LogP) is 1.40. The molecule has 13 heavy (non-hydrogen) atoms. The van der Waals surface area contributed by atoms with Crippen molar-refractivity contribution < 1.29 is 13.6 Å². The first-order valence-electron chi connectivity index (χ1n) is 3.83. The highest BCUT2D eigenvalue weighted by atomic mass is 19.3. The number of nitrogens with zero attached hydrogens (tertiary/aromatic N) is 1. The van der Waals surface area contributed by atoms with E-state index in [9.17, 15) is 13.6 Å². The van der Waals surface area contributed by atoms with E-state index in [1.54, 1.807) is 13.8 Å². The fraction of sp³-hybridized carbons (Fsp3) is 0.500. The van der Waals surface area contributed by atoms with Crippen molar-refractivity contribution in [1.82, 2.24) is 9.97 Å². The molecule has 0 bridgehead atoms. The van der Waals surface area contributed by atoms with Gasteiger partial charge in [-0.3, -0.25) is 4.79 Å². The molecule has 0 aliphatic rings. The third kappa shape index (κ3) is 2.34. The highest BCUT2D eigenvalue weighted by molar-refractivity contribution is 5.83. The van der Waals surface area contributed by atoms with Crippen LogP contribution in [0.1, 0.15) is 17.2 Å². The van der Waals surface area contributed by atoms with Crippen molar-refractivity contribution in [3.8, 4) is 0 Å². The van der Waals surface area contributed by atoms with Crippen LogP contribution in [0.2, 0.25) is 0 Å². The lowest BCUT2D eigenvalue weighted by atomic mass is 10.2. The van der Waals surface area contributed by atoms with Crippen LogP contribution in [0.25, 0.3) is 0 Å². The lowest BCUT2D eigenvalue weighted by Gasteiger charge is -1.97. The van der Waals surface area contributed by atoms with Crippen LogP contribution in [-0.2, 0) is 11.2 Å². The molecule has 0 spiro atoms. The molecule has 1 N–H and O–H groups in total. The van der Waals surface area contributed by atoms with Gasteiger partial charge in [-0.05, 0) is 13.8 Å². The van der Waals surface area contributed by atoms with E-state index in [-0.39, 0.29) is 6.42 Å². The molecule has 0 aliphatic carbocycles. The number of carbonyl (C=O) groups excluding carboxylic acids is 1. The van der Waals surface area contributed by atoms with E-state index in [0.717, 1.165) is 0 Å². The molecule has 0 fully saturated rings. The maximum Gasteiger partial charge on any atom is 0.296 e. The van der Waals surface area contributed by atoms with Gasteiger partial charge in [0.15, 0.2) is 0 Å². The molecule has 1 aromatic rings. The Morgan fingerprint density at radius 1 is 1.54 bits per heavy atom. The number of ketones is 1. The summed E-state index contributed by atoms with van der Waals surface area (Å²) in [5.41, 5.74) is 1.08. The summed E-state index contributed by atoms with van der Waals surface area (Å²) in [4.78, 5) is 17.4. The number of aryl methyl sites for hydroxylation is 2. The molecule has 0 aromatic carbocycles. The number of hydrogen-bond donors (Lipinski definition) is 1. The van der Waals surface area contributed by atoms with Gasteiger partial charge in [-0.15, -0.1) is 0 Å². The Morgan fingerprint density at radius 3 is 2.54 bits per heavy atom. The Kier molecular flexibility index (Phi) is 2.75. The topological polar surface area (TPSA) is 45.8 Å². The molecule has 0 radical (unpaired) electrons. The van der Waals surface area contributed by atoms with E-state index in [2.05, 4.69) is 9.97 Å². The molecule has 1 rings (SSSR count). The standard InChI is InChI=1S/C8H10F2N2O/c1-4-6(12-5(2)11-4)3-7(13)8(9)10/h8H,3H2,1-2H3,(H,11,12). The summed E-state index contributed by atoms with van der Waals surface area (Å²) in [5, 5.41) is 0. The van der Waals surface area contributed by atoms with Crippen molar-refractivity contribution >= 4 is 5.78 Å². The number of imidazole rings is 1. The van der Waals surface area contributed by atoms with Gasteiger partial charge in [-0.1, -0.05) is 0 Å². The van der Waals surface area contributed by atoms with Gasteiger partial charge in [0.25, 0.3) is 6.43 Å². The van der Waals surface area contributed by atoms with Gasteiger partial charge >= 0.3 is 0 Å². The van der Waals surface area contributed by atoms with Crippen LogP contribution in [-0.4, -0.2) is 22.2 Å². The molecule has 5 heteroatoms. The Labute approximate surface area is 74.2 Å². The van der Waals surface area contributed by atoms with E-state index in [1.807, 2.05) is 0 Å². The van der Waals surface area contributed by atoms with Crippen molar-refractivity contribution in [2.24, 2.45) is 0 Å². The predicted molar refractivity (Wildman–Crippen MR) is 42.8 cm³/mol. The number of Topliss-reactive ketones (excluding diaryl/α,β-unsaturated/α-hetero) is 1. The number of H-pyrrole nitrogens is 1. The lowest BCUT2D eigenvalue weighted by Crippen LogP contribution is -2.13. The minimum absolute atomic E-state index is 0.273. The largest absolute Gasteiger partial charge is 0.346 e. The molecule has 0 atom stereocenters. The summed E-state index contributed by atoms with van der Waals surface area (Å²) in [7, 11) is 0. The third-order valence-electron chi connectivity index (χ3n) is 1.70. The summed E-state index contributed by atoms with van der Waals surface area (Å²) in [6, 6.07) is 0. The highest BCUT2D eigenvalue weighted by Gasteiger charge is 2.17. The number of nitrogens with one attached hydrogen (secondary N) is 1. The second kappa shape index (κ2) is 3.64. The van der Waals surface area contributed by atoms with Crippen molar-refractivity contribution in [2.75, 3.05) is 0 Å². The molecule has 0 aliphatic heterocycles. The number of hydrogen-bond acceptors (Lipinski definition) is 2. The summed E-state index contributed by atoms with van der Waals surface area (Å²) in [5.74, 6) is -0.443. The average Bonchev–Trinajstić information content (AvgIpc) is 2.30. The number of carbonyl (C=O) groups is 1. The van der Waals surface area contributed by atoms with Gasteiger partial charge in [-0.2, -0.15) is 0 Å². The molecule has 72 valence electrons. The Morgan fingerprint density at radius 2 is 2.15 bits per heavy atom. The molecular weight excluding hydrogens is 178 g/mol. The summed E-state index contributed by atoms with van der Waals surface area (Å²) in [6.45, 7) is 3.39. The molecule has 0 saturated heterocycles. The molecule has 0 saturated carbocycles. The summed E-state index contributed by atoms with van der Waals surface area (Å²) < 4.78 is 23.7. The van der Waals surface area contributed by atoms with Crippen LogP contribution in [0.3, 0.4) is 0 Å². The normalized spacial score (nSPS) is 10.8. The number of aromatic amines is 1. The van der Waals surface area contributed by atoms with Crippen molar-refractivity contribution in [3.63, 3.8) is 0 Å². The first kappa shape index (κ1) is 9.83. The zero-order chi connectivity index (χ0) is 10.0. The zero-order valence-corrected chi connectivity index (χ0v) is 7.40. The van der Waals surface area contributed by atoms with Gasteiger partial charge in [0.05, 0.1) is 12.1 Å². The molecule has 0 amide bonds. The first-order chi connectivity index (χ1) is 6.00. The smallest absolute Gasteiger partial charge is 0.296 e. The third-order valence-corrected chi connectivity index (χ3v) is 1.70. The second-order valence-corrected chi connectivity index (χ2v) is 2.83. The number of alkyl halides is 2. The van der Waals surface area contributed by atoms with Gasteiger partial charge in [0.2, 0.25) is 5.78 Å². The Balaban J connectivity index is 2.74. The molecule has 1 aromatic heterocycles. The van der Waals surface area contributed by atoms with Crippen molar-refractivity contribution in [1.29, 1.82) is 0 Å². The van der Waals surface area contributed by atoms with Crippen LogP contribution in [0, 0.1) is 13.8 Å². The number of rotatable bonds is 3. The summed E-state index contributed by atoms with van der Waals surface area (Å²) in [6.07, 6.45) is -3.17. The average molecular weight is 188 g/mol. The fourth-order valence-corrected chi connectivity index (χ4v) is 1.08. The van der Waals surface area contributed by atoms with E-state index >= 15 is 0 Å². The lowest BCUT2D eigenvalue weighted by molar-refractivity contribution is -0.128. The van der Waals surface area contributed by atoms with E-state index in [4.69, 9.17) is 0 Å². The van der Waals surface area contributed by atoms with Gasteiger partial charge in [0, 0.05) is 5.69 Å². The second-order valence-electron chi connectivity index (χ2n) is 2.83. The van der Waals surface area contributed by atoms with Gasteiger partial charge in [0.1, 0.15) is 5.82 Å². The zero-order valence-electron chi connectivity index (χ0n) is 7.40. The van der Waals surface area contributed by atoms with Gasteiger partial charge in [-0.25, -0.2) is 13.8 Å². The maximum atomic E-state index is 11.9. The fourth-order valence-electron chi connectivity index (χ4n) is 1.08. The van der Waals surface area contributed by atoms with E-state index < -0.39 is 12.2 Å². The minimum atomic E-state index is -2.90. The molecule has 0 unspecified atom stereocenters. The summed E-state index contributed by atoms with van der Waals surface area (Å²) >= 11 is 0. The van der Waals surface area contributed by atoms with Crippen LogP contribution in [0.15, 0.2) is 0 Å². The molecular formula is C8H10F2N2O.